The minimum Gasteiger partial charge on any atom is -0.398 e. The van der Waals surface area contributed by atoms with Gasteiger partial charge in [-0.3, -0.25) is 4.79 Å². The molecule has 0 aliphatic carbocycles. The number of nitrogen functional groups attached to an aromatic ring is 1. The molecule has 1 aromatic carbocycles. The number of amides is 1. The summed E-state index contributed by atoms with van der Waals surface area (Å²) in [7, 11) is -2.29. The first-order valence-electron chi connectivity index (χ1n) is 5.67. The molecule has 3 N–H and O–H groups in total. The van der Waals surface area contributed by atoms with E-state index in [9.17, 15) is 13.2 Å². The Morgan fingerprint density at radius 2 is 2.10 bits per heavy atom. The maximum Gasteiger partial charge on any atom is 0.242 e. The number of nitrogens with two attached hydrogens (primary N) is 1. The van der Waals surface area contributed by atoms with Gasteiger partial charge in [-0.2, -0.15) is 0 Å². The molecule has 0 saturated heterocycles. The number of carbonyl (C=O) groups excluding carboxylic acids is 1. The molecule has 0 aliphatic heterocycles. The summed E-state index contributed by atoms with van der Waals surface area (Å²) in [5.41, 5.74) is 5.85. The monoisotopic (exact) mass is 383 g/mol. The summed E-state index contributed by atoms with van der Waals surface area (Å²) in [5, 5.41) is 0.197. The summed E-state index contributed by atoms with van der Waals surface area (Å²) in [6.07, 6.45) is 0. The van der Waals surface area contributed by atoms with E-state index in [1.807, 2.05) is 0 Å². The van der Waals surface area contributed by atoms with Gasteiger partial charge in [-0.05, 0) is 35.0 Å². The van der Waals surface area contributed by atoms with Gasteiger partial charge in [0.05, 0.1) is 15.9 Å². The molecule has 9 heteroatoms. The zero-order chi connectivity index (χ0) is 15.5. The lowest BCUT2D eigenvalue weighted by molar-refractivity contribution is -0.128. The molecule has 1 rings (SSSR count). The number of carbonyl (C=O) groups is 1. The van der Waals surface area contributed by atoms with Crippen LogP contribution in [0.25, 0.3) is 0 Å². The second-order valence-electron chi connectivity index (χ2n) is 4.04. The molecule has 1 aromatic rings. The van der Waals surface area contributed by atoms with Crippen LogP contribution in [-0.4, -0.2) is 39.4 Å². The smallest absolute Gasteiger partial charge is 0.242 e. The molecule has 0 heterocycles. The van der Waals surface area contributed by atoms with Crippen LogP contribution in [-0.2, 0) is 14.8 Å². The van der Waals surface area contributed by atoms with E-state index in [0.717, 1.165) is 0 Å². The van der Waals surface area contributed by atoms with Crippen LogP contribution in [0.15, 0.2) is 21.5 Å². The Hall–Kier alpha value is -0.830. The fourth-order valence-electron chi connectivity index (χ4n) is 1.33. The van der Waals surface area contributed by atoms with Crippen LogP contribution in [0.2, 0.25) is 5.02 Å². The number of anilines is 1. The number of hydrogen-bond donors (Lipinski definition) is 2. The predicted octanol–water partition coefficient (Wildman–Crippen LogP) is 1.44. The second-order valence-corrected chi connectivity index (χ2v) is 7.00. The van der Waals surface area contributed by atoms with Crippen molar-refractivity contribution in [3.63, 3.8) is 0 Å². The predicted molar refractivity (Wildman–Crippen MR) is 82.1 cm³/mol. The molecule has 112 valence electrons. The lowest BCUT2D eigenvalue weighted by atomic mass is 10.3. The fraction of sp³-hybridized carbons (Fsp3) is 0.364. The Bertz CT molecular complexity index is 622. The molecule has 0 radical (unpaired) electrons. The third kappa shape index (κ3) is 4.08. The molecule has 0 aromatic heterocycles. The van der Waals surface area contributed by atoms with Crippen molar-refractivity contribution in [2.24, 2.45) is 0 Å². The fourth-order valence-corrected chi connectivity index (χ4v) is 3.59. The van der Waals surface area contributed by atoms with Crippen molar-refractivity contribution >= 4 is 49.1 Å². The van der Waals surface area contributed by atoms with E-state index in [4.69, 9.17) is 17.3 Å². The number of benzene rings is 1. The highest BCUT2D eigenvalue weighted by Gasteiger charge is 2.21. The number of nitrogens with zero attached hydrogens (tertiary/aromatic N) is 1. The number of nitrogens with one attached hydrogen (secondary N) is 1. The standard InChI is InChI=1S/C11H15BrClN3O3S/c1-3-16(2)10(17)6-15-20(18,19)9-5-7(13)4-8(14)11(9)12/h4-5,15H,3,6,14H2,1-2H3. The summed E-state index contributed by atoms with van der Waals surface area (Å²) < 4.78 is 26.7. The van der Waals surface area contributed by atoms with Crippen molar-refractivity contribution in [1.29, 1.82) is 0 Å². The minimum absolute atomic E-state index is 0.102. The average molecular weight is 385 g/mol. The first-order valence-corrected chi connectivity index (χ1v) is 8.32. The van der Waals surface area contributed by atoms with Crippen LogP contribution < -0.4 is 10.5 Å². The first kappa shape index (κ1) is 17.2. The summed E-state index contributed by atoms with van der Waals surface area (Å²) in [4.78, 5) is 12.9. The first-order chi connectivity index (χ1) is 9.19. The van der Waals surface area contributed by atoms with Gasteiger partial charge < -0.3 is 10.6 Å². The molecule has 0 fully saturated rings. The molecule has 0 spiro atoms. The van der Waals surface area contributed by atoms with Gasteiger partial charge in [0.15, 0.2) is 0 Å². The van der Waals surface area contributed by atoms with Crippen molar-refractivity contribution < 1.29 is 13.2 Å². The van der Waals surface area contributed by atoms with E-state index in [2.05, 4.69) is 20.7 Å². The second kappa shape index (κ2) is 6.75. The van der Waals surface area contributed by atoms with E-state index in [0.29, 0.717) is 6.54 Å². The Labute approximate surface area is 131 Å². The molecule has 6 nitrogen and oxygen atoms in total. The normalized spacial score (nSPS) is 11.4. The van der Waals surface area contributed by atoms with Gasteiger partial charge >= 0.3 is 0 Å². The zero-order valence-electron chi connectivity index (χ0n) is 11.0. The third-order valence-electron chi connectivity index (χ3n) is 2.64. The van der Waals surface area contributed by atoms with Crippen LogP contribution in [0.4, 0.5) is 5.69 Å². The Balaban J connectivity index is 2.98. The Morgan fingerprint density at radius 1 is 1.50 bits per heavy atom. The van der Waals surface area contributed by atoms with Gasteiger partial charge in [-0.1, -0.05) is 11.6 Å². The number of sulfonamides is 1. The van der Waals surface area contributed by atoms with Gasteiger partial charge in [-0.15, -0.1) is 0 Å². The van der Waals surface area contributed by atoms with E-state index in [1.165, 1.54) is 17.0 Å². The molecule has 20 heavy (non-hydrogen) atoms. The largest absolute Gasteiger partial charge is 0.398 e. The van der Waals surface area contributed by atoms with Gasteiger partial charge in [0.2, 0.25) is 15.9 Å². The highest BCUT2D eigenvalue weighted by molar-refractivity contribution is 9.10. The van der Waals surface area contributed by atoms with Crippen molar-refractivity contribution in [1.82, 2.24) is 9.62 Å². The van der Waals surface area contributed by atoms with Gasteiger partial charge in [0, 0.05) is 24.3 Å². The van der Waals surface area contributed by atoms with E-state index in [1.54, 1.807) is 14.0 Å². The van der Waals surface area contributed by atoms with Crippen molar-refractivity contribution in [2.45, 2.75) is 11.8 Å². The number of rotatable bonds is 5. The van der Waals surface area contributed by atoms with Crippen molar-refractivity contribution in [3.05, 3.63) is 21.6 Å². The average Bonchev–Trinajstić information content (AvgIpc) is 2.39. The summed E-state index contributed by atoms with van der Waals surface area (Å²) in [6, 6.07) is 2.69. The highest BCUT2D eigenvalue weighted by Crippen LogP contribution is 2.31. The number of halogens is 2. The molecule has 0 saturated carbocycles. The lowest BCUT2D eigenvalue weighted by Crippen LogP contribution is -2.38. The Morgan fingerprint density at radius 3 is 2.65 bits per heavy atom. The van der Waals surface area contributed by atoms with Crippen LogP contribution in [0, 0.1) is 0 Å². The molecule has 0 atom stereocenters. The summed E-state index contributed by atoms with van der Waals surface area (Å²) in [5.74, 6) is -0.331. The number of likely N-dealkylation sites (N-methyl/N-ethyl adjacent to an activating group) is 1. The molecule has 0 bridgehead atoms. The quantitative estimate of drug-likeness (QED) is 0.751. The molecule has 0 unspecified atom stereocenters. The maximum atomic E-state index is 12.1. The van der Waals surface area contributed by atoms with Crippen LogP contribution in [0.3, 0.4) is 0 Å². The molecule has 0 aliphatic rings. The van der Waals surface area contributed by atoms with Crippen LogP contribution in [0.1, 0.15) is 6.92 Å². The van der Waals surface area contributed by atoms with Crippen LogP contribution in [0.5, 0.6) is 0 Å². The van der Waals surface area contributed by atoms with Crippen molar-refractivity contribution in [2.75, 3.05) is 25.9 Å². The van der Waals surface area contributed by atoms with Crippen LogP contribution >= 0.6 is 27.5 Å². The summed E-state index contributed by atoms with van der Waals surface area (Å²) in [6.45, 7) is 1.96. The molecule has 1 amide bonds. The Kier molecular flexibility index (Phi) is 5.81. The van der Waals surface area contributed by atoms with Gasteiger partial charge in [0.1, 0.15) is 0 Å². The molecular weight excluding hydrogens is 370 g/mol. The van der Waals surface area contributed by atoms with E-state index in [-0.39, 0.29) is 32.5 Å². The van der Waals surface area contributed by atoms with Gasteiger partial charge in [0.25, 0.3) is 0 Å². The highest BCUT2D eigenvalue weighted by atomic mass is 79.9. The number of hydrogen-bond acceptors (Lipinski definition) is 4. The molecular formula is C11H15BrClN3O3S. The minimum atomic E-state index is -3.88. The van der Waals surface area contributed by atoms with Crippen molar-refractivity contribution in [3.8, 4) is 0 Å². The SMILES string of the molecule is CCN(C)C(=O)CNS(=O)(=O)c1cc(Cl)cc(N)c1Br. The summed E-state index contributed by atoms with van der Waals surface area (Å²) >= 11 is 8.90. The lowest BCUT2D eigenvalue weighted by Gasteiger charge is -2.15. The van der Waals surface area contributed by atoms with E-state index < -0.39 is 10.0 Å². The maximum absolute atomic E-state index is 12.1. The van der Waals surface area contributed by atoms with Gasteiger partial charge in [-0.25, -0.2) is 13.1 Å². The zero-order valence-corrected chi connectivity index (χ0v) is 14.1. The topological polar surface area (TPSA) is 92.5 Å². The van der Waals surface area contributed by atoms with E-state index >= 15 is 0 Å². The third-order valence-corrected chi connectivity index (χ3v) is 5.43.